The molecule has 0 radical (unpaired) electrons. The summed E-state index contributed by atoms with van der Waals surface area (Å²) >= 11 is 0. The maximum atomic E-state index is 5.05. The van der Waals surface area contributed by atoms with Gasteiger partial charge in [0.05, 0.1) is 11.2 Å². The number of aryl methyl sites for hydroxylation is 1. The molecule has 2 aromatic carbocycles. The first-order valence-corrected chi connectivity index (χ1v) is 9.10. The molecule has 0 fully saturated rings. The maximum Gasteiger partial charge on any atom is 0.146 e. The lowest BCUT2D eigenvalue weighted by Crippen LogP contribution is -1.95. The zero-order chi connectivity index (χ0) is 17.7. The van der Waals surface area contributed by atoms with Crippen molar-refractivity contribution in [3.05, 3.63) is 90.3 Å². The van der Waals surface area contributed by atoms with Crippen LogP contribution in [0.2, 0.25) is 0 Å². The van der Waals surface area contributed by atoms with Crippen LogP contribution < -0.4 is 0 Å². The summed E-state index contributed by atoms with van der Waals surface area (Å²) in [6.07, 6.45) is 8.84. The zero-order valence-corrected chi connectivity index (χ0v) is 14.9. The molecular formula is C24H20N2. The highest BCUT2D eigenvalue weighted by molar-refractivity contribution is 6.12. The predicted molar refractivity (Wildman–Crippen MR) is 110 cm³/mol. The number of allylic oxidation sites excluding steroid dienone is 5. The average molecular weight is 336 g/mol. The molecule has 0 aliphatic heterocycles. The molecule has 0 saturated carbocycles. The third-order valence-corrected chi connectivity index (χ3v) is 5.34. The zero-order valence-electron chi connectivity index (χ0n) is 14.9. The van der Waals surface area contributed by atoms with Gasteiger partial charge in [0.2, 0.25) is 0 Å². The number of hydrogen-bond acceptors (Lipinski definition) is 1. The van der Waals surface area contributed by atoms with Gasteiger partial charge >= 0.3 is 0 Å². The fraction of sp³-hybridized carbons (Fsp3) is 0.125. The number of nitrogens with zero attached hydrogens (tertiary/aromatic N) is 2. The Balaban J connectivity index is 1.89. The Kier molecular flexibility index (Phi) is 3.32. The van der Waals surface area contributed by atoms with E-state index in [1.165, 1.54) is 27.2 Å². The normalized spacial score (nSPS) is 14.3. The molecule has 2 aromatic heterocycles. The SMILES string of the molecule is C=C(C1=CCCC=C1)c1nc2c3ccccc3c3ccccc3n2c1C. The van der Waals surface area contributed by atoms with Crippen molar-refractivity contribution in [1.29, 1.82) is 0 Å². The van der Waals surface area contributed by atoms with Crippen LogP contribution in [0.4, 0.5) is 0 Å². The summed E-state index contributed by atoms with van der Waals surface area (Å²) in [4.78, 5) is 5.05. The number of para-hydroxylation sites is 1. The molecule has 2 nitrogen and oxygen atoms in total. The molecule has 0 saturated heterocycles. The molecule has 5 rings (SSSR count). The largest absolute Gasteiger partial charge is 0.296 e. The number of aromatic nitrogens is 2. The molecule has 2 heterocycles. The van der Waals surface area contributed by atoms with Crippen LogP contribution in [0.25, 0.3) is 32.9 Å². The van der Waals surface area contributed by atoms with E-state index in [1.807, 2.05) is 0 Å². The molecule has 0 atom stereocenters. The molecule has 0 unspecified atom stereocenters. The topological polar surface area (TPSA) is 17.3 Å². The van der Waals surface area contributed by atoms with Crippen molar-refractivity contribution >= 4 is 32.9 Å². The molecule has 126 valence electrons. The first-order chi connectivity index (χ1) is 12.8. The lowest BCUT2D eigenvalue weighted by molar-refractivity contribution is 1.03. The van der Waals surface area contributed by atoms with E-state index in [1.54, 1.807) is 0 Å². The number of benzene rings is 2. The van der Waals surface area contributed by atoms with Crippen LogP contribution in [0.3, 0.4) is 0 Å². The van der Waals surface area contributed by atoms with Gasteiger partial charge in [0.1, 0.15) is 5.65 Å². The van der Waals surface area contributed by atoms with Crippen molar-refractivity contribution in [2.24, 2.45) is 0 Å². The maximum absolute atomic E-state index is 5.05. The molecule has 0 spiro atoms. The fourth-order valence-corrected chi connectivity index (χ4v) is 4.05. The van der Waals surface area contributed by atoms with E-state index in [0.717, 1.165) is 35.4 Å². The lowest BCUT2D eigenvalue weighted by atomic mass is 9.98. The van der Waals surface area contributed by atoms with Gasteiger partial charge < -0.3 is 0 Å². The van der Waals surface area contributed by atoms with Crippen LogP contribution >= 0.6 is 0 Å². The summed E-state index contributed by atoms with van der Waals surface area (Å²) in [5.41, 5.74) is 6.54. The van der Waals surface area contributed by atoms with E-state index in [4.69, 9.17) is 4.98 Å². The number of fused-ring (bicyclic) bond motifs is 6. The predicted octanol–water partition coefficient (Wildman–Crippen LogP) is 6.24. The highest BCUT2D eigenvalue weighted by Crippen LogP contribution is 2.34. The summed E-state index contributed by atoms with van der Waals surface area (Å²) < 4.78 is 2.28. The molecule has 0 N–H and O–H groups in total. The summed E-state index contributed by atoms with van der Waals surface area (Å²) in [5.74, 6) is 0. The van der Waals surface area contributed by atoms with Gasteiger partial charge in [-0.15, -0.1) is 0 Å². The minimum Gasteiger partial charge on any atom is -0.296 e. The Labute approximate surface area is 152 Å². The van der Waals surface area contributed by atoms with Crippen LogP contribution in [0.1, 0.15) is 24.2 Å². The van der Waals surface area contributed by atoms with Gasteiger partial charge in [0.15, 0.2) is 0 Å². The minimum atomic E-state index is 0.990. The van der Waals surface area contributed by atoms with Gasteiger partial charge in [0, 0.05) is 22.0 Å². The third kappa shape index (κ3) is 2.08. The third-order valence-electron chi connectivity index (χ3n) is 5.34. The lowest BCUT2D eigenvalue weighted by Gasteiger charge is -2.10. The van der Waals surface area contributed by atoms with Gasteiger partial charge in [-0.3, -0.25) is 4.40 Å². The standard InChI is InChI=1S/C24H20N2/c1-16(18-10-4-3-5-11-18)23-17(2)26-22-15-9-8-13-20(22)19-12-6-7-14-21(19)24(26)25-23/h4,6-15H,1,3,5H2,2H3. The second kappa shape index (κ2) is 5.70. The van der Waals surface area contributed by atoms with Gasteiger partial charge in [-0.25, -0.2) is 4.98 Å². The molecule has 1 aliphatic carbocycles. The highest BCUT2D eigenvalue weighted by Gasteiger charge is 2.18. The van der Waals surface area contributed by atoms with Gasteiger partial charge in [-0.1, -0.05) is 67.3 Å². The molecular weight excluding hydrogens is 316 g/mol. The molecule has 0 bridgehead atoms. The highest BCUT2D eigenvalue weighted by atomic mass is 15.0. The summed E-state index contributed by atoms with van der Waals surface area (Å²) in [7, 11) is 0. The van der Waals surface area contributed by atoms with Gasteiger partial charge in [0.25, 0.3) is 0 Å². The molecule has 0 amide bonds. The Morgan fingerprint density at radius 2 is 1.69 bits per heavy atom. The summed E-state index contributed by atoms with van der Waals surface area (Å²) in [6, 6.07) is 17.1. The first kappa shape index (κ1) is 15.2. The Morgan fingerprint density at radius 1 is 0.962 bits per heavy atom. The van der Waals surface area contributed by atoms with Gasteiger partial charge in [-0.05, 0) is 36.8 Å². The van der Waals surface area contributed by atoms with Crippen molar-refractivity contribution < 1.29 is 0 Å². The number of hydrogen-bond donors (Lipinski definition) is 0. The second-order valence-electron chi connectivity index (χ2n) is 6.89. The van der Waals surface area contributed by atoms with E-state index < -0.39 is 0 Å². The van der Waals surface area contributed by atoms with E-state index in [2.05, 4.69) is 84.7 Å². The van der Waals surface area contributed by atoms with Crippen LogP contribution in [0.5, 0.6) is 0 Å². The number of rotatable bonds is 2. The van der Waals surface area contributed by atoms with E-state index in [-0.39, 0.29) is 0 Å². The molecule has 26 heavy (non-hydrogen) atoms. The summed E-state index contributed by atoms with van der Waals surface area (Å²) in [6.45, 7) is 6.52. The smallest absolute Gasteiger partial charge is 0.146 e. The molecule has 4 aromatic rings. The Hall–Kier alpha value is -3.13. The second-order valence-corrected chi connectivity index (χ2v) is 6.89. The number of pyridine rings is 1. The summed E-state index contributed by atoms with van der Waals surface area (Å²) in [5, 5.41) is 3.68. The fourth-order valence-electron chi connectivity index (χ4n) is 4.05. The Bertz CT molecular complexity index is 1250. The first-order valence-electron chi connectivity index (χ1n) is 9.10. The van der Waals surface area contributed by atoms with Crippen molar-refractivity contribution in [3.8, 4) is 0 Å². The van der Waals surface area contributed by atoms with Gasteiger partial charge in [-0.2, -0.15) is 0 Å². The van der Waals surface area contributed by atoms with E-state index >= 15 is 0 Å². The van der Waals surface area contributed by atoms with Crippen molar-refractivity contribution in [2.45, 2.75) is 19.8 Å². The van der Waals surface area contributed by atoms with Crippen LogP contribution in [0.15, 0.2) is 78.9 Å². The van der Waals surface area contributed by atoms with Crippen LogP contribution in [0, 0.1) is 6.92 Å². The number of imidazole rings is 1. The molecule has 1 aliphatic rings. The van der Waals surface area contributed by atoms with Crippen LogP contribution in [-0.4, -0.2) is 9.38 Å². The van der Waals surface area contributed by atoms with E-state index in [0.29, 0.717) is 0 Å². The Morgan fingerprint density at radius 3 is 2.46 bits per heavy atom. The quantitative estimate of drug-likeness (QED) is 0.396. The monoisotopic (exact) mass is 336 g/mol. The molecule has 2 heteroatoms. The van der Waals surface area contributed by atoms with Crippen LogP contribution in [-0.2, 0) is 0 Å². The van der Waals surface area contributed by atoms with Crippen molar-refractivity contribution in [2.75, 3.05) is 0 Å². The minimum absolute atomic E-state index is 0.990. The van der Waals surface area contributed by atoms with Crippen molar-refractivity contribution in [3.63, 3.8) is 0 Å². The average Bonchev–Trinajstić information content (AvgIpc) is 3.06. The van der Waals surface area contributed by atoms with Crippen molar-refractivity contribution in [1.82, 2.24) is 9.38 Å². The van der Waals surface area contributed by atoms with E-state index in [9.17, 15) is 0 Å².